The van der Waals surface area contributed by atoms with Crippen LogP contribution in [-0.4, -0.2) is 79.9 Å². The molecule has 10 aromatic rings. The number of aldehydes is 1. The van der Waals surface area contributed by atoms with Crippen molar-refractivity contribution in [3.05, 3.63) is 314 Å². The van der Waals surface area contributed by atoms with Crippen molar-refractivity contribution in [2.24, 2.45) is 17.2 Å². The number of halogens is 7. The molecule has 0 bridgehead atoms. The first kappa shape index (κ1) is 84.3. The molecule has 8 N–H and O–H groups in total. The molecule has 23 heteroatoms. The Morgan fingerprint density at radius 1 is 0.465 bits per heavy atom. The summed E-state index contributed by atoms with van der Waals surface area (Å²) < 4.78 is 78.3. The monoisotopic (exact) mass is 1510 g/mol. The molecule has 101 heavy (non-hydrogen) atoms. The Hall–Kier alpha value is -11.0. The minimum Gasteiger partial charge on any atom is -0.465 e. The fraction of sp³-hybridized carbons (Fsp3) is 0.115. The SMILES string of the molecule is C.C=CC(=O)OCC.COC(=O)c1ccc(C)c(-c2ccc(F)cc2)c1.COC(=O)c1ccc(C)c(Br)c1.Cc1ccc(C(N)=O)cc1-c1ccc(F)cc1.NC(=O)c1ccc(C=O)c(-c2ccc(F)cc2)c1.NC(=O)c1ccc(CBr)c(-c2ccc(F)cc2)c1.OB(O)c1ccc(F)cc1. The molecule has 3 amide bonds. The third kappa shape index (κ3) is 27.3. The molecule has 10 aromatic carbocycles. The summed E-state index contributed by atoms with van der Waals surface area (Å²) in [7, 11) is 1.20. The number of benzene rings is 10. The van der Waals surface area contributed by atoms with E-state index in [-0.39, 0.29) is 54.4 Å². The molecule has 10 rings (SSSR count). The summed E-state index contributed by atoms with van der Waals surface area (Å²) in [5.41, 5.74) is 29.3. The fourth-order valence-corrected chi connectivity index (χ4v) is 9.50. The lowest BCUT2D eigenvalue weighted by Gasteiger charge is -2.09. The van der Waals surface area contributed by atoms with Gasteiger partial charge in [0.25, 0.3) is 0 Å². The smallest absolute Gasteiger partial charge is 0.465 e. The molecular weight excluding hydrogens is 1440 g/mol. The number of rotatable bonds is 14. The van der Waals surface area contributed by atoms with Crippen molar-refractivity contribution in [1.82, 2.24) is 0 Å². The van der Waals surface area contributed by atoms with E-state index in [1.165, 1.54) is 105 Å². The molecule has 0 saturated heterocycles. The predicted octanol–water partition coefficient (Wildman–Crippen LogP) is 15.8. The quantitative estimate of drug-likeness (QED) is 0.0129. The highest BCUT2D eigenvalue weighted by Crippen LogP contribution is 2.30. The number of hydrogen-bond acceptors (Lipinski definition) is 12. The summed E-state index contributed by atoms with van der Waals surface area (Å²) in [5.74, 6) is -4.15. The van der Waals surface area contributed by atoms with Gasteiger partial charge in [-0.25, -0.2) is 36.3 Å². The average molecular weight is 1510 g/mol. The normalized spacial score (nSPS) is 9.77. The van der Waals surface area contributed by atoms with Crippen LogP contribution in [0.15, 0.2) is 229 Å². The zero-order valence-corrected chi connectivity index (χ0v) is 58.1. The van der Waals surface area contributed by atoms with E-state index >= 15 is 0 Å². The van der Waals surface area contributed by atoms with Gasteiger partial charge in [0.15, 0.2) is 6.29 Å². The summed E-state index contributed by atoms with van der Waals surface area (Å²) in [6.07, 6.45) is 1.83. The molecule has 0 radical (unpaired) electrons. The third-order valence-corrected chi connectivity index (χ3v) is 15.5. The first-order valence-corrected chi connectivity index (χ1v) is 31.8. The van der Waals surface area contributed by atoms with Crippen molar-refractivity contribution in [3.8, 4) is 44.5 Å². The molecule has 524 valence electrons. The number of esters is 3. The van der Waals surface area contributed by atoms with Gasteiger partial charge in [0.05, 0.1) is 32.0 Å². The molecule has 0 aliphatic heterocycles. The molecule has 0 fully saturated rings. The number of amides is 3. The zero-order valence-electron chi connectivity index (χ0n) is 54.9. The lowest BCUT2D eigenvalue weighted by Crippen LogP contribution is -2.29. The standard InChI is InChI=1S/C15H13FO2.C14H11BrFNO.C14H10FNO2.C14H12FNO.C9H9BrO2.C6H6BFO2.C5H8O2.CH4/c1-10-3-4-12(15(17)18-2)9-14(10)11-5-7-13(16)8-6-11;15-8-11-2-1-10(14(17)18)7-13(11)9-3-5-12(16)6-4-9;15-12-5-3-9(4-6-12)13-7-10(14(16)18)1-2-11(13)8-17;1-9-2-3-11(14(16)17)8-13(9)10-4-6-12(15)7-5-10;1-6-3-4-7(5-8(6)10)9(11)12-2;8-6-3-1-5(2-4-6)7(9)10;1-3-5(6)7-4-2;/h3-9H,1-2H3;1-7H,8H2,(H2,17,18);1-8H,(H2,16,18);2-8H,1H3,(H2,16,17);3-5H,1-2H3;1-4,9-10H;3H,1,4H2,2H3;1H4. The number of carbonyl (C=O) groups excluding carboxylic acids is 7. The second kappa shape index (κ2) is 42.8. The highest BCUT2D eigenvalue weighted by molar-refractivity contribution is 9.10. The summed E-state index contributed by atoms with van der Waals surface area (Å²) in [5, 5.41) is 17.7. The van der Waals surface area contributed by atoms with Crippen LogP contribution in [0, 0.1) is 49.9 Å². The maximum Gasteiger partial charge on any atom is 0.488 e. The molecule has 0 heterocycles. The van der Waals surface area contributed by atoms with Crippen LogP contribution in [0.2, 0.25) is 0 Å². The molecule has 0 unspecified atom stereocenters. The van der Waals surface area contributed by atoms with E-state index in [0.29, 0.717) is 68.2 Å². The van der Waals surface area contributed by atoms with Crippen molar-refractivity contribution >= 4 is 86.4 Å². The van der Waals surface area contributed by atoms with E-state index in [1.807, 2.05) is 45.0 Å². The van der Waals surface area contributed by atoms with Crippen molar-refractivity contribution in [2.45, 2.75) is 40.5 Å². The van der Waals surface area contributed by atoms with Gasteiger partial charge in [-0.3, -0.25) is 19.2 Å². The van der Waals surface area contributed by atoms with Gasteiger partial charge >= 0.3 is 25.0 Å². The van der Waals surface area contributed by atoms with Gasteiger partial charge in [0.1, 0.15) is 29.1 Å². The van der Waals surface area contributed by atoms with E-state index in [2.05, 4.69) is 52.6 Å². The number of nitrogens with two attached hydrogens (primary N) is 3. The van der Waals surface area contributed by atoms with Crippen LogP contribution < -0.4 is 22.7 Å². The maximum atomic E-state index is 12.9. The highest BCUT2D eigenvalue weighted by Gasteiger charge is 2.14. The van der Waals surface area contributed by atoms with Crippen LogP contribution >= 0.6 is 31.9 Å². The van der Waals surface area contributed by atoms with Gasteiger partial charge in [-0.2, -0.15) is 0 Å². The minimum absolute atomic E-state index is 0. The van der Waals surface area contributed by atoms with Gasteiger partial charge in [-0.05, 0) is 221 Å². The number of hydrogen-bond donors (Lipinski definition) is 5. The Morgan fingerprint density at radius 2 is 0.782 bits per heavy atom. The molecule has 0 aromatic heterocycles. The van der Waals surface area contributed by atoms with Crippen LogP contribution in [-0.2, 0) is 24.3 Å². The Balaban J connectivity index is 0.000000311. The van der Waals surface area contributed by atoms with Crippen molar-refractivity contribution in [2.75, 3.05) is 20.8 Å². The highest BCUT2D eigenvalue weighted by atomic mass is 79.9. The van der Waals surface area contributed by atoms with Crippen LogP contribution in [0.4, 0.5) is 22.0 Å². The number of ether oxygens (including phenoxy) is 3. The summed E-state index contributed by atoms with van der Waals surface area (Å²) >= 11 is 6.73. The van der Waals surface area contributed by atoms with Gasteiger partial charge in [0.2, 0.25) is 17.7 Å². The molecule has 0 saturated carbocycles. The first-order valence-electron chi connectivity index (χ1n) is 29.8. The van der Waals surface area contributed by atoms with Crippen molar-refractivity contribution < 1.29 is 79.8 Å². The summed E-state index contributed by atoms with van der Waals surface area (Å²) in [6.45, 7) is 11.2. The Kier molecular flexibility index (Phi) is 35.7. The van der Waals surface area contributed by atoms with Crippen molar-refractivity contribution in [3.63, 3.8) is 0 Å². The van der Waals surface area contributed by atoms with E-state index in [9.17, 15) is 55.5 Å². The van der Waals surface area contributed by atoms with E-state index in [1.54, 1.807) is 104 Å². The van der Waals surface area contributed by atoms with Crippen LogP contribution in [0.5, 0.6) is 0 Å². The van der Waals surface area contributed by atoms with Crippen LogP contribution in [0.25, 0.3) is 44.5 Å². The molecular formula is C78H73BBr2F5N3O12. The van der Waals surface area contributed by atoms with Gasteiger partial charge < -0.3 is 41.5 Å². The zero-order chi connectivity index (χ0) is 74.2. The van der Waals surface area contributed by atoms with Gasteiger partial charge in [-0.1, -0.05) is 137 Å². The van der Waals surface area contributed by atoms with Crippen molar-refractivity contribution in [1.29, 1.82) is 0 Å². The van der Waals surface area contributed by atoms with E-state index in [4.69, 9.17) is 27.2 Å². The largest absolute Gasteiger partial charge is 0.488 e. The molecule has 0 spiro atoms. The molecule has 0 atom stereocenters. The summed E-state index contributed by atoms with van der Waals surface area (Å²) in [6, 6.07) is 54.9. The second-order valence-electron chi connectivity index (χ2n) is 20.9. The summed E-state index contributed by atoms with van der Waals surface area (Å²) in [4.78, 5) is 77.0. The van der Waals surface area contributed by atoms with Crippen LogP contribution in [0.3, 0.4) is 0 Å². The van der Waals surface area contributed by atoms with E-state index in [0.717, 1.165) is 66.2 Å². The molecule has 0 aliphatic carbocycles. The Morgan fingerprint density at radius 3 is 1.12 bits per heavy atom. The topological polar surface area (TPSA) is 266 Å². The van der Waals surface area contributed by atoms with E-state index < -0.39 is 24.8 Å². The third-order valence-electron chi connectivity index (χ3n) is 14.0. The van der Waals surface area contributed by atoms with Crippen LogP contribution in [0.1, 0.15) is 98.8 Å². The number of alkyl halides is 1. The molecule has 15 nitrogen and oxygen atoms in total. The van der Waals surface area contributed by atoms with Gasteiger partial charge in [0, 0.05) is 38.1 Å². The number of methoxy groups -OCH3 is 2. The second-order valence-corrected chi connectivity index (χ2v) is 22.3. The maximum absolute atomic E-state index is 12.9. The van der Waals surface area contributed by atoms with Gasteiger partial charge in [-0.15, -0.1) is 0 Å². The molecule has 0 aliphatic rings. The number of primary amides is 3. The lowest BCUT2D eigenvalue weighted by molar-refractivity contribution is -0.137. The number of carbonyl (C=O) groups is 7. The first-order chi connectivity index (χ1) is 47.6. The fourth-order valence-electron chi connectivity index (χ4n) is 8.63. The lowest BCUT2D eigenvalue weighted by atomic mass is 9.80. The number of aryl methyl sites for hydroxylation is 3. The average Bonchev–Trinajstić information content (AvgIpc) is 0.846. The Labute approximate surface area is 599 Å². The Bertz CT molecular complexity index is 4430. The minimum atomic E-state index is -1.51. The predicted molar refractivity (Wildman–Crippen MR) is 392 cm³/mol.